The second-order valence-corrected chi connectivity index (χ2v) is 9.84. The average molecular weight is 535 g/mol. The summed E-state index contributed by atoms with van der Waals surface area (Å²) < 4.78 is 12.5. The number of rotatable bonds is 5. The molecular formula is C28H23ClN2O5S. The zero-order valence-electron chi connectivity index (χ0n) is 20.3. The Morgan fingerprint density at radius 1 is 1.22 bits per heavy atom. The Kier molecular flexibility index (Phi) is 6.62. The van der Waals surface area contributed by atoms with E-state index >= 15 is 0 Å². The van der Waals surface area contributed by atoms with Crippen molar-refractivity contribution in [3.63, 3.8) is 0 Å². The van der Waals surface area contributed by atoms with E-state index in [9.17, 15) is 14.7 Å². The Hall–Kier alpha value is -3.88. The summed E-state index contributed by atoms with van der Waals surface area (Å²) in [5.41, 5.74) is 1.90. The highest BCUT2D eigenvalue weighted by molar-refractivity contribution is 7.07. The molecule has 1 atom stereocenters. The molecule has 4 aromatic rings. The molecule has 0 spiro atoms. The standard InChI is InChI=1S/C28H23ClN2O5S/c1-4-36-27(34)23-15(2)30-28-31(24(23)19-11-7-9-17-8-5-6-10-18(17)19)26(33)22(37-28)14-16-12-20(29)25(32)21(13-16)35-3/h5-14,24,32H,4H2,1-3H3/b22-14-. The third-order valence-corrected chi connectivity index (χ3v) is 7.47. The number of carbonyl (C=O) groups excluding carboxylic acids is 1. The molecule has 2 heterocycles. The molecule has 7 nitrogen and oxygen atoms in total. The van der Waals surface area contributed by atoms with Crippen LogP contribution in [0, 0.1) is 0 Å². The van der Waals surface area contributed by atoms with Crippen LogP contribution in [0.4, 0.5) is 0 Å². The number of benzene rings is 3. The molecule has 0 amide bonds. The number of halogens is 1. The Labute approximate surface area is 221 Å². The Bertz CT molecular complexity index is 1760. The van der Waals surface area contributed by atoms with Gasteiger partial charge in [0.25, 0.3) is 5.56 Å². The lowest BCUT2D eigenvalue weighted by Crippen LogP contribution is -2.40. The van der Waals surface area contributed by atoms with E-state index in [1.54, 1.807) is 36.6 Å². The van der Waals surface area contributed by atoms with Gasteiger partial charge in [0.2, 0.25) is 0 Å². The summed E-state index contributed by atoms with van der Waals surface area (Å²) in [6.07, 6.45) is 1.67. The van der Waals surface area contributed by atoms with E-state index in [-0.39, 0.29) is 28.7 Å². The number of ether oxygens (including phenoxy) is 2. The van der Waals surface area contributed by atoms with E-state index in [1.165, 1.54) is 18.4 Å². The summed E-state index contributed by atoms with van der Waals surface area (Å²) in [5.74, 6) is -0.486. The van der Waals surface area contributed by atoms with Gasteiger partial charge in [-0.25, -0.2) is 9.79 Å². The molecular weight excluding hydrogens is 512 g/mol. The highest BCUT2D eigenvalue weighted by Crippen LogP contribution is 2.36. The number of phenolic OH excluding ortho intramolecular Hbond substituents is 1. The molecule has 1 N–H and O–H groups in total. The van der Waals surface area contributed by atoms with Crippen LogP contribution < -0.4 is 19.6 Å². The van der Waals surface area contributed by atoms with Gasteiger partial charge < -0.3 is 14.6 Å². The van der Waals surface area contributed by atoms with Gasteiger partial charge in [-0.05, 0) is 54.0 Å². The largest absolute Gasteiger partial charge is 0.503 e. The maximum atomic E-state index is 13.9. The summed E-state index contributed by atoms with van der Waals surface area (Å²) in [6, 6.07) is 16.1. The van der Waals surface area contributed by atoms with Crippen molar-refractivity contribution < 1.29 is 19.4 Å². The number of hydrogen-bond donors (Lipinski definition) is 1. The molecule has 1 aliphatic heterocycles. The van der Waals surface area contributed by atoms with E-state index in [0.717, 1.165) is 16.3 Å². The molecule has 1 unspecified atom stereocenters. The molecule has 37 heavy (non-hydrogen) atoms. The second-order valence-electron chi connectivity index (χ2n) is 8.42. The fourth-order valence-corrected chi connectivity index (χ4v) is 5.82. The van der Waals surface area contributed by atoms with Gasteiger partial charge in [-0.3, -0.25) is 9.36 Å². The third kappa shape index (κ3) is 4.32. The molecule has 0 saturated heterocycles. The van der Waals surface area contributed by atoms with Gasteiger partial charge in [-0.15, -0.1) is 0 Å². The maximum Gasteiger partial charge on any atom is 0.338 e. The molecule has 3 aromatic carbocycles. The Morgan fingerprint density at radius 3 is 2.73 bits per heavy atom. The quantitative estimate of drug-likeness (QED) is 0.385. The monoisotopic (exact) mass is 534 g/mol. The van der Waals surface area contributed by atoms with Crippen molar-refractivity contribution in [3.05, 3.63) is 102 Å². The lowest BCUT2D eigenvalue weighted by molar-refractivity contribution is -0.139. The molecule has 0 saturated carbocycles. The number of fused-ring (bicyclic) bond motifs is 2. The van der Waals surface area contributed by atoms with Crippen molar-refractivity contribution in [2.75, 3.05) is 13.7 Å². The van der Waals surface area contributed by atoms with Gasteiger partial charge in [-0.1, -0.05) is 65.4 Å². The highest BCUT2D eigenvalue weighted by Gasteiger charge is 2.34. The van der Waals surface area contributed by atoms with Gasteiger partial charge in [0.1, 0.15) is 0 Å². The van der Waals surface area contributed by atoms with E-state index in [2.05, 4.69) is 4.99 Å². The molecule has 0 aliphatic carbocycles. The van der Waals surface area contributed by atoms with Crippen LogP contribution in [-0.4, -0.2) is 29.4 Å². The first-order valence-corrected chi connectivity index (χ1v) is 12.8. The molecule has 0 radical (unpaired) electrons. The fraction of sp³-hybridized carbons (Fsp3) is 0.179. The second kappa shape index (κ2) is 9.88. The van der Waals surface area contributed by atoms with Crippen LogP contribution in [0.25, 0.3) is 16.8 Å². The lowest BCUT2D eigenvalue weighted by Gasteiger charge is -2.25. The van der Waals surface area contributed by atoms with Crippen molar-refractivity contribution in [1.29, 1.82) is 0 Å². The van der Waals surface area contributed by atoms with Crippen LogP contribution in [0.3, 0.4) is 0 Å². The Balaban J connectivity index is 1.79. The van der Waals surface area contributed by atoms with Crippen molar-refractivity contribution in [2.24, 2.45) is 4.99 Å². The number of carbonyl (C=O) groups is 1. The number of thiazole rings is 1. The summed E-state index contributed by atoms with van der Waals surface area (Å²) >= 11 is 7.37. The smallest absolute Gasteiger partial charge is 0.338 e. The fourth-order valence-electron chi connectivity index (χ4n) is 4.56. The average Bonchev–Trinajstić information content (AvgIpc) is 3.19. The SMILES string of the molecule is CCOC(=O)C1=C(C)N=c2s/c(=C\c3cc(Cl)c(O)c(OC)c3)c(=O)n2C1c1cccc2ccccc12. The van der Waals surface area contributed by atoms with Crippen LogP contribution in [0.1, 0.15) is 31.0 Å². The summed E-state index contributed by atoms with van der Waals surface area (Å²) in [6.45, 7) is 3.70. The van der Waals surface area contributed by atoms with Gasteiger partial charge in [0, 0.05) is 0 Å². The summed E-state index contributed by atoms with van der Waals surface area (Å²) in [5, 5.41) is 12.1. The minimum Gasteiger partial charge on any atom is -0.503 e. The molecule has 1 aliphatic rings. The zero-order chi connectivity index (χ0) is 26.3. The van der Waals surface area contributed by atoms with E-state index < -0.39 is 12.0 Å². The first-order chi connectivity index (χ1) is 17.8. The lowest BCUT2D eigenvalue weighted by atomic mass is 9.91. The van der Waals surface area contributed by atoms with Gasteiger partial charge in [0.05, 0.1) is 40.6 Å². The molecule has 1 aromatic heterocycles. The van der Waals surface area contributed by atoms with Crippen LogP contribution in [0.2, 0.25) is 5.02 Å². The molecule has 0 bridgehead atoms. The first kappa shape index (κ1) is 24.8. The van der Waals surface area contributed by atoms with E-state index in [1.807, 2.05) is 42.5 Å². The Morgan fingerprint density at radius 2 is 1.97 bits per heavy atom. The van der Waals surface area contributed by atoms with Crippen molar-refractivity contribution in [2.45, 2.75) is 19.9 Å². The number of phenols is 1. The number of allylic oxidation sites excluding steroid dienone is 1. The van der Waals surface area contributed by atoms with Gasteiger partial charge in [-0.2, -0.15) is 0 Å². The third-order valence-electron chi connectivity index (χ3n) is 6.20. The minimum atomic E-state index is -0.721. The van der Waals surface area contributed by atoms with E-state index in [0.29, 0.717) is 26.2 Å². The summed E-state index contributed by atoms with van der Waals surface area (Å²) in [4.78, 5) is 32.1. The predicted molar refractivity (Wildman–Crippen MR) is 144 cm³/mol. The van der Waals surface area contributed by atoms with Crippen LogP contribution in [0.15, 0.2) is 75.7 Å². The molecule has 9 heteroatoms. The predicted octanol–water partition coefficient (Wildman–Crippen LogP) is 4.32. The summed E-state index contributed by atoms with van der Waals surface area (Å²) in [7, 11) is 1.42. The number of aromatic nitrogens is 1. The number of nitrogens with zero attached hydrogens (tertiary/aromatic N) is 2. The molecule has 0 fully saturated rings. The van der Waals surface area contributed by atoms with Crippen molar-refractivity contribution >= 4 is 45.8 Å². The topological polar surface area (TPSA) is 90.1 Å². The minimum absolute atomic E-state index is 0.104. The maximum absolute atomic E-state index is 13.9. The van der Waals surface area contributed by atoms with Crippen molar-refractivity contribution in [1.82, 2.24) is 4.57 Å². The normalized spacial score (nSPS) is 15.5. The van der Waals surface area contributed by atoms with Crippen LogP contribution >= 0.6 is 22.9 Å². The van der Waals surface area contributed by atoms with Crippen LogP contribution in [0.5, 0.6) is 11.5 Å². The molecule has 5 rings (SSSR count). The van der Waals surface area contributed by atoms with Gasteiger partial charge in [0.15, 0.2) is 16.3 Å². The highest BCUT2D eigenvalue weighted by atomic mass is 35.5. The zero-order valence-corrected chi connectivity index (χ0v) is 21.9. The van der Waals surface area contributed by atoms with E-state index in [4.69, 9.17) is 21.1 Å². The number of methoxy groups -OCH3 is 1. The van der Waals surface area contributed by atoms with Gasteiger partial charge >= 0.3 is 5.97 Å². The first-order valence-electron chi connectivity index (χ1n) is 11.6. The molecule has 188 valence electrons. The number of esters is 1. The number of aromatic hydroxyl groups is 1. The van der Waals surface area contributed by atoms with Crippen molar-refractivity contribution in [3.8, 4) is 11.5 Å². The number of hydrogen-bond acceptors (Lipinski definition) is 7. The van der Waals surface area contributed by atoms with Crippen LogP contribution in [-0.2, 0) is 9.53 Å².